The Morgan fingerprint density at radius 3 is 3.05 bits per heavy atom. The van der Waals surface area contributed by atoms with Crippen molar-refractivity contribution in [2.75, 3.05) is 12.4 Å². The summed E-state index contributed by atoms with van der Waals surface area (Å²) in [5.41, 5.74) is 0.575. The van der Waals surface area contributed by atoms with Crippen LogP contribution in [0.4, 0.5) is 5.13 Å². The Kier molecular flexibility index (Phi) is 4.24. The highest BCUT2D eigenvalue weighted by Crippen LogP contribution is 2.16. The monoisotopic (exact) mass is 280 g/mol. The topological polar surface area (TPSA) is 86.1 Å². The van der Waals surface area contributed by atoms with Crippen LogP contribution in [0.5, 0.6) is 0 Å². The van der Waals surface area contributed by atoms with Crippen LogP contribution in [-0.4, -0.2) is 33.8 Å². The lowest BCUT2D eigenvalue weighted by Crippen LogP contribution is -2.18. The first-order valence-electron chi connectivity index (χ1n) is 5.46. The number of nitrogens with zero attached hydrogens (tertiary/aromatic N) is 3. The number of rotatable bonds is 5. The lowest BCUT2D eigenvalue weighted by Gasteiger charge is -2.01. The van der Waals surface area contributed by atoms with Gasteiger partial charge in [-0.05, 0) is 6.07 Å². The molecule has 8 heteroatoms. The third kappa shape index (κ3) is 3.88. The molecule has 2 heterocycles. The summed E-state index contributed by atoms with van der Waals surface area (Å²) in [5.74, 6) is -0.581. The lowest BCUT2D eigenvalue weighted by molar-refractivity contribution is -0.139. The SMILES string of the molecule is COC(=O)Cc1csc(NC(=O)Cn2cccn2)n1. The van der Waals surface area contributed by atoms with Crippen LogP contribution in [0.2, 0.25) is 0 Å². The molecule has 0 saturated carbocycles. The first-order valence-corrected chi connectivity index (χ1v) is 6.34. The molecule has 7 nitrogen and oxygen atoms in total. The number of hydrogen-bond acceptors (Lipinski definition) is 6. The summed E-state index contributed by atoms with van der Waals surface area (Å²) in [6, 6.07) is 1.74. The van der Waals surface area contributed by atoms with Crippen molar-refractivity contribution in [2.24, 2.45) is 0 Å². The van der Waals surface area contributed by atoms with Gasteiger partial charge in [0.1, 0.15) is 6.54 Å². The van der Waals surface area contributed by atoms with Crippen molar-refractivity contribution in [3.63, 3.8) is 0 Å². The molecule has 0 atom stereocenters. The second kappa shape index (κ2) is 6.10. The Morgan fingerprint density at radius 1 is 1.53 bits per heavy atom. The minimum absolute atomic E-state index is 0.0992. The van der Waals surface area contributed by atoms with Crippen molar-refractivity contribution in [1.82, 2.24) is 14.8 Å². The van der Waals surface area contributed by atoms with Gasteiger partial charge in [-0.15, -0.1) is 11.3 Å². The second-order valence-electron chi connectivity index (χ2n) is 3.65. The number of thiazole rings is 1. The van der Waals surface area contributed by atoms with Crippen LogP contribution in [0.3, 0.4) is 0 Å². The van der Waals surface area contributed by atoms with Gasteiger partial charge in [-0.3, -0.25) is 14.3 Å². The van der Waals surface area contributed by atoms with Gasteiger partial charge in [0, 0.05) is 17.8 Å². The molecule has 0 aromatic carbocycles. The number of anilines is 1. The molecule has 2 aromatic heterocycles. The summed E-state index contributed by atoms with van der Waals surface area (Å²) < 4.78 is 6.05. The van der Waals surface area contributed by atoms with E-state index in [0.29, 0.717) is 10.8 Å². The van der Waals surface area contributed by atoms with Crippen molar-refractivity contribution < 1.29 is 14.3 Å². The minimum atomic E-state index is -0.361. The van der Waals surface area contributed by atoms with Crippen molar-refractivity contribution in [2.45, 2.75) is 13.0 Å². The fraction of sp³-hybridized carbons (Fsp3) is 0.273. The van der Waals surface area contributed by atoms with E-state index in [1.165, 1.54) is 23.1 Å². The summed E-state index contributed by atoms with van der Waals surface area (Å²) >= 11 is 1.26. The molecule has 0 aliphatic heterocycles. The minimum Gasteiger partial charge on any atom is -0.469 e. The Labute approximate surface area is 113 Å². The normalized spacial score (nSPS) is 10.2. The molecule has 19 heavy (non-hydrogen) atoms. The summed E-state index contributed by atoms with van der Waals surface area (Å²) in [5, 5.41) is 8.74. The summed E-state index contributed by atoms with van der Waals surface area (Å²) in [7, 11) is 1.32. The van der Waals surface area contributed by atoms with E-state index in [9.17, 15) is 9.59 Å². The maximum absolute atomic E-state index is 11.7. The van der Waals surface area contributed by atoms with Crippen molar-refractivity contribution in [3.8, 4) is 0 Å². The molecule has 0 aliphatic carbocycles. The highest BCUT2D eigenvalue weighted by molar-refractivity contribution is 7.13. The van der Waals surface area contributed by atoms with Crippen LogP contribution in [-0.2, 0) is 27.3 Å². The van der Waals surface area contributed by atoms with E-state index in [4.69, 9.17) is 0 Å². The van der Waals surface area contributed by atoms with Crippen molar-refractivity contribution in [1.29, 1.82) is 0 Å². The highest BCUT2D eigenvalue weighted by Gasteiger charge is 2.10. The number of carbonyl (C=O) groups excluding carboxylic acids is 2. The van der Waals surface area contributed by atoms with Gasteiger partial charge in [0.2, 0.25) is 5.91 Å². The highest BCUT2D eigenvalue weighted by atomic mass is 32.1. The number of esters is 1. The van der Waals surface area contributed by atoms with Gasteiger partial charge < -0.3 is 10.1 Å². The zero-order valence-electron chi connectivity index (χ0n) is 10.2. The molecule has 0 aliphatic rings. The third-order valence-electron chi connectivity index (χ3n) is 2.22. The molecule has 0 spiro atoms. The lowest BCUT2D eigenvalue weighted by atomic mass is 10.3. The Balaban J connectivity index is 1.89. The first-order chi connectivity index (χ1) is 9.17. The molecule has 1 N–H and O–H groups in total. The van der Waals surface area contributed by atoms with Gasteiger partial charge in [-0.1, -0.05) is 0 Å². The predicted molar refractivity (Wildman–Crippen MR) is 68.7 cm³/mol. The third-order valence-corrected chi connectivity index (χ3v) is 3.02. The van der Waals surface area contributed by atoms with E-state index in [2.05, 4.69) is 20.1 Å². The molecule has 0 fully saturated rings. The fourth-order valence-corrected chi connectivity index (χ4v) is 2.09. The quantitative estimate of drug-likeness (QED) is 0.814. The van der Waals surface area contributed by atoms with Crippen LogP contribution in [0.1, 0.15) is 5.69 Å². The summed E-state index contributed by atoms with van der Waals surface area (Å²) in [4.78, 5) is 26.9. The number of nitrogens with one attached hydrogen (secondary N) is 1. The van der Waals surface area contributed by atoms with E-state index in [1.54, 1.807) is 23.8 Å². The van der Waals surface area contributed by atoms with Crippen LogP contribution in [0, 0.1) is 0 Å². The van der Waals surface area contributed by atoms with E-state index >= 15 is 0 Å². The standard InChI is InChI=1S/C11H12N4O3S/c1-18-10(17)5-8-7-19-11(13-8)14-9(16)6-15-4-2-3-12-15/h2-4,7H,5-6H2,1H3,(H,13,14,16). The van der Waals surface area contributed by atoms with E-state index in [1.807, 2.05) is 0 Å². The number of carbonyl (C=O) groups is 2. The van der Waals surface area contributed by atoms with Crippen LogP contribution < -0.4 is 5.32 Å². The number of aromatic nitrogens is 3. The fourth-order valence-electron chi connectivity index (χ4n) is 1.37. The summed E-state index contributed by atoms with van der Waals surface area (Å²) in [6.07, 6.45) is 3.40. The van der Waals surface area contributed by atoms with E-state index in [-0.39, 0.29) is 24.8 Å². The zero-order chi connectivity index (χ0) is 13.7. The zero-order valence-corrected chi connectivity index (χ0v) is 11.0. The van der Waals surface area contributed by atoms with E-state index < -0.39 is 0 Å². The summed E-state index contributed by atoms with van der Waals surface area (Å²) in [6.45, 7) is 0.124. The maximum Gasteiger partial charge on any atom is 0.311 e. The predicted octanol–water partition coefficient (Wildman–Crippen LogP) is 0.694. The van der Waals surface area contributed by atoms with Crippen molar-refractivity contribution in [3.05, 3.63) is 29.5 Å². The molecular formula is C11H12N4O3S. The van der Waals surface area contributed by atoms with Gasteiger partial charge in [0.05, 0.1) is 19.2 Å². The molecule has 100 valence electrons. The average Bonchev–Trinajstić information content (AvgIpc) is 3.01. The Morgan fingerprint density at radius 2 is 2.37 bits per heavy atom. The van der Waals surface area contributed by atoms with Crippen molar-refractivity contribution >= 4 is 28.3 Å². The average molecular weight is 280 g/mol. The number of ether oxygens (including phenoxy) is 1. The van der Waals surface area contributed by atoms with Crippen LogP contribution in [0.25, 0.3) is 0 Å². The van der Waals surface area contributed by atoms with Crippen LogP contribution >= 0.6 is 11.3 Å². The number of hydrogen-bond donors (Lipinski definition) is 1. The molecule has 2 rings (SSSR count). The molecule has 0 unspecified atom stereocenters. The Bertz CT molecular complexity index is 564. The van der Waals surface area contributed by atoms with E-state index in [0.717, 1.165) is 0 Å². The molecule has 2 aromatic rings. The molecule has 0 radical (unpaired) electrons. The Hall–Kier alpha value is -2.22. The first kappa shape index (κ1) is 13.2. The number of amides is 1. The molecular weight excluding hydrogens is 268 g/mol. The van der Waals surface area contributed by atoms with Gasteiger partial charge in [0.25, 0.3) is 0 Å². The molecule has 0 bridgehead atoms. The van der Waals surface area contributed by atoms with Gasteiger partial charge in [-0.25, -0.2) is 4.98 Å². The smallest absolute Gasteiger partial charge is 0.311 e. The molecule has 0 saturated heterocycles. The largest absolute Gasteiger partial charge is 0.469 e. The van der Waals surface area contributed by atoms with Gasteiger partial charge in [-0.2, -0.15) is 5.10 Å². The van der Waals surface area contributed by atoms with Gasteiger partial charge >= 0.3 is 5.97 Å². The van der Waals surface area contributed by atoms with Gasteiger partial charge in [0.15, 0.2) is 5.13 Å². The maximum atomic E-state index is 11.7. The number of methoxy groups -OCH3 is 1. The second-order valence-corrected chi connectivity index (χ2v) is 4.51. The van der Waals surface area contributed by atoms with Crippen LogP contribution in [0.15, 0.2) is 23.8 Å². The molecule has 1 amide bonds.